The van der Waals surface area contributed by atoms with E-state index in [-0.39, 0.29) is 11.0 Å². The Bertz CT molecular complexity index is 235. The van der Waals surface area contributed by atoms with Crippen LogP contribution in [0.1, 0.15) is 26.2 Å². The predicted molar refractivity (Wildman–Crippen MR) is 49.6 cm³/mol. The Hall–Kier alpha value is -0.0900. The van der Waals surface area contributed by atoms with Crippen molar-refractivity contribution in [2.75, 3.05) is 12.3 Å². The molecule has 1 aliphatic rings. The molecule has 0 saturated heterocycles. The molecule has 12 heavy (non-hydrogen) atoms. The van der Waals surface area contributed by atoms with Crippen LogP contribution in [0.2, 0.25) is 0 Å². The third kappa shape index (κ3) is 1.98. The van der Waals surface area contributed by atoms with Crippen molar-refractivity contribution >= 4 is 9.84 Å². The molecule has 0 aromatic rings. The molecule has 0 unspecified atom stereocenters. The fourth-order valence-corrected chi connectivity index (χ4v) is 3.34. The van der Waals surface area contributed by atoms with Gasteiger partial charge in [0.15, 0.2) is 9.84 Å². The highest BCUT2D eigenvalue weighted by Crippen LogP contribution is 2.29. The van der Waals surface area contributed by atoms with Gasteiger partial charge in [-0.25, -0.2) is 8.42 Å². The molecule has 2 atom stereocenters. The fraction of sp³-hybridized carbons (Fsp3) is 1.00. The average molecular weight is 191 g/mol. The summed E-state index contributed by atoms with van der Waals surface area (Å²) in [5.41, 5.74) is 5.49. The highest BCUT2D eigenvalue weighted by molar-refractivity contribution is 7.92. The van der Waals surface area contributed by atoms with Crippen LogP contribution < -0.4 is 5.73 Å². The van der Waals surface area contributed by atoms with Crippen LogP contribution in [0.3, 0.4) is 0 Å². The lowest BCUT2D eigenvalue weighted by Gasteiger charge is -2.09. The molecule has 3 nitrogen and oxygen atoms in total. The molecule has 1 fully saturated rings. The number of nitrogens with two attached hydrogens (primary N) is 1. The second kappa shape index (κ2) is 3.75. The molecule has 72 valence electrons. The molecule has 0 amide bonds. The van der Waals surface area contributed by atoms with E-state index >= 15 is 0 Å². The van der Waals surface area contributed by atoms with Crippen molar-refractivity contribution in [1.82, 2.24) is 0 Å². The average Bonchev–Trinajstić information content (AvgIpc) is 2.52. The molecule has 4 heteroatoms. The van der Waals surface area contributed by atoms with Gasteiger partial charge in [0, 0.05) is 5.75 Å². The van der Waals surface area contributed by atoms with Crippen LogP contribution in [0.25, 0.3) is 0 Å². The molecule has 0 radical (unpaired) electrons. The van der Waals surface area contributed by atoms with Crippen molar-refractivity contribution in [3.05, 3.63) is 0 Å². The minimum atomic E-state index is -2.80. The summed E-state index contributed by atoms with van der Waals surface area (Å²) in [5, 5.41) is -0.101. The monoisotopic (exact) mass is 191 g/mol. The third-order valence-corrected chi connectivity index (χ3v) is 4.99. The second-order valence-corrected chi connectivity index (χ2v) is 6.06. The van der Waals surface area contributed by atoms with Crippen LogP contribution in [0, 0.1) is 5.92 Å². The van der Waals surface area contributed by atoms with E-state index in [0.717, 1.165) is 19.3 Å². The number of sulfone groups is 1. The molecular formula is C8H17NO2S. The van der Waals surface area contributed by atoms with Crippen molar-refractivity contribution in [1.29, 1.82) is 0 Å². The fourth-order valence-electron chi connectivity index (χ4n) is 1.81. The maximum Gasteiger partial charge on any atom is 0.152 e. The number of rotatable bonds is 3. The largest absolute Gasteiger partial charge is 0.330 e. The third-order valence-electron chi connectivity index (χ3n) is 2.74. The van der Waals surface area contributed by atoms with Crippen molar-refractivity contribution in [3.63, 3.8) is 0 Å². The predicted octanol–water partition coefficient (Wildman–Crippen LogP) is 0.549. The van der Waals surface area contributed by atoms with Gasteiger partial charge in [0.2, 0.25) is 0 Å². The first kappa shape index (κ1) is 9.99. The van der Waals surface area contributed by atoms with Crippen LogP contribution >= 0.6 is 0 Å². The summed E-state index contributed by atoms with van der Waals surface area (Å²) in [4.78, 5) is 0. The van der Waals surface area contributed by atoms with Gasteiger partial charge in [0.05, 0.1) is 5.25 Å². The zero-order valence-electron chi connectivity index (χ0n) is 7.49. The van der Waals surface area contributed by atoms with Gasteiger partial charge >= 0.3 is 0 Å². The summed E-state index contributed by atoms with van der Waals surface area (Å²) in [6.45, 7) is 2.35. The summed E-state index contributed by atoms with van der Waals surface area (Å²) < 4.78 is 22.8. The van der Waals surface area contributed by atoms with Crippen molar-refractivity contribution in [3.8, 4) is 0 Å². The smallest absolute Gasteiger partial charge is 0.152 e. The molecule has 0 aliphatic heterocycles. The lowest BCUT2D eigenvalue weighted by Crippen LogP contribution is -2.21. The molecule has 0 heterocycles. The first-order chi connectivity index (χ1) is 5.60. The van der Waals surface area contributed by atoms with Gasteiger partial charge in [-0.2, -0.15) is 0 Å². The Kier molecular flexibility index (Phi) is 3.12. The Labute approximate surface area is 74.3 Å². The maximum absolute atomic E-state index is 11.4. The SMILES string of the molecule is CCS(=O)(=O)[C@H]1CC[C@@H](CN)C1. The Morgan fingerprint density at radius 1 is 1.42 bits per heavy atom. The van der Waals surface area contributed by atoms with Gasteiger partial charge in [0.25, 0.3) is 0 Å². The van der Waals surface area contributed by atoms with E-state index < -0.39 is 9.84 Å². The molecule has 1 aliphatic carbocycles. The van der Waals surface area contributed by atoms with E-state index in [2.05, 4.69) is 0 Å². The summed E-state index contributed by atoms with van der Waals surface area (Å²) in [5.74, 6) is 0.714. The van der Waals surface area contributed by atoms with E-state index in [9.17, 15) is 8.42 Å². The molecule has 1 saturated carbocycles. The van der Waals surface area contributed by atoms with E-state index in [1.54, 1.807) is 6.92 Å². The second-order valence-electron chi connectivity index (χ2n) is 3.49. The molecular weight excluding hydrogens is 174 g/mol. The van der Waals surface area contributed by atoms with Crippen LogP contribution in [0.4, 0.5) is 0 Å². The Morgan fingerprint density at radius 2 is 2.08 bits per heavy atom. The highest BCUT2D eigenvalue weighted by atomic mass is 32.2. The molecule has 0 bridgehead atoms. The number of hydrogen-bond donors (Lipinski definition) is 1. The van der Waals surface area contributed by atoms with E-state index in [1.165, 1.54) is 0 Å². The first-order valence-electron chi connectivity index (χ1n) is 4.51. The van der Waals surface area contributed by atoms with Crippen molar-refractivity contribution < 1.29 is 8.42 Å². The van der Waals surface area contributed by atoms with Crippen molar-refractivity contribution in [2.45, 2.75) is 31.4 Å². The normalized spacial score (nSPS) is 30.8. The number of hydrogen-bond acceptors (Lipinski definition) is 3. The minimum absolute atomic E-state index is 0.101. The molecule has 0 aromatic heterocycles. The summed E-state index contributed by atoms with van der Waals surface area (Å²) in [7, 11) is -2.80. The summed E-state index contributed by atoms with van der Waals surface area (Å²) >= 11 is 0. The Balaban J connectivity index is 2.58. The zero-order valence-corrected chi connectivity index (χ0v) is 8.31. The zero-order chi connectivity index (χ0) is 9.19. The minimum Gasteiger partial charge on any atom is -0.330 e. The standard InChI is InChI=1S/C8H17NO2S/c1-2-12(10,11)8-4-3-7(5-8)6-9/h7-8H,2-6,9H2,1H3/t7-,8+/m1/s1. The topological polar surface area (TPSA) is 60.2 Å². The van der Waals surface area contributed by atoms with Gasteiger partial charge in [0.1, 0.15) is 0 Å². The quantitative estimate of drug-likeness (QED) is 0.708. The van der Waals surface area contributed by atoms with Gasteiger partial charge in [-0.3, -0.25) is 0 Å². The van der Waals surface area contributed by atoms with Gasteiger partial charge < -0.3 is 5.73 Å². The van der Waals surface area contributed by atoms with E-state index in [0.29, 0.717) is 12.5 Å². The van der Waals surface area contributed by atoms with Crippen LogP contribution in [-0.4, -0.2) is 26.0 Å². The van der Waals surface area contributed by atoms with E-state index in [4.69, 9.17) is 5.73 Å². The first-order valence-corrected chi connectivity index (χ1v) is 6.23. The maximum atomic E-state index is 11.4. The lowest BCUT2D eigenvalue weighted by molar-refractivity contribution is 0.552. The highest BCUT2D eigenvalue weighted by Gasteiger charge is 2.32. The summed E-state index contributed by atoms with van der Waals surface area (Å²) in [6, 6.07) is 0. The van der Waals surface area contributed by atoms with Crippen LogP contribution in [0.15, 0.2) is 0 Å². The van der Waals surface area contributed by atoms with Crippen LogP contribution in [-0.2, 0) is 9.84 Å². The van der Waals surface area contributed by atoms with E-state index in [1.807, 2.05) is 0 Å². The summed E-state index contributed by atoms with van der Waals surface area (Å²) in [6.07, 6.45) is 2.59. The molecule has 0 spiro atoms. The van der Waals surface area contributed by atoms with Gasteiger partial charge in [-0.15, -0.1) is 0 Å². The lowest BCUT2D eigenvalue weighted by atomic mass is 10.1. The Morgan fingerprint density at radius 3 is 2.50 bits per heavy atom. The van der Waals surface area contributed by atoms with Gasteiger partial charge in [-0.1, -0.05) is 6.92 Å². The molecule has 0 aromatic carbocycles. The molecule has 1 rings (SSSR count). The van der Waals surface area contributed by atoms with Gasteiger partial charge in [-0.05, 0) is 31.7 Å². The van der Waals surface area contributed by atoms with Crippen LogP contribution in [0.5, 0.6) is 0 Å². The van der Waals surface area contributed by atoms with Crippen molar-refractivity contribution in [2.24, 2.45) is 11.7 Å². The molecule has 2 N–H and O–H groups in total.